The Morgan fingerprint density at radius 3 is 2.69 bits per heavy atom. The van der Waals surface area contributed by atoms with Gasteiger partial charge in [-0.15, -0.1) is 0 Å². The van der Waals surface area contributed by atoms with Crippen LogP contribution in [0.15, 0.2) is 30.3 Å². The second kappa shape index (κ2) is 3.90. The molecule has 2 atom stereocenters. The third-order valence-corrected chi connectivity index (χ3v) is 2.34. The molecule has 1 fully saturated rings. The molecule has 2 nitrogen and oxygen atoms in total. The molecule has 0 radical (unpaired) electrons. The summed E-state index contributed by atoms with van der Waals surface area (Å²) in [4.78, 5) is 0. The van der Waals surface area contributed by atoms with E-state index in [0.29, 0.717) is 12.1 Å². The van der Waals surface area contributed by atoms with Crippen molar-refractivity contribution in [3.8, 4) is 0 Å². The molecule has 1 heterocycles. The Labute approximate surface area is 78.9 Å². The number of hydrogen-bond acceptors (Lipinski definition) is 2. The van der Waals surface area contributed by atoms with Gasteiger partial charge in [-0.25, -0.2) is 0 Å². The SMILES string of the molecule is C[C@@H]1COC[C@H](c2ccccc2)N1. The second-order valence-electron chi connectivity index (χ2n) is 3.57. The first-order valence-corrected chi connectivity index (χ1v) is 4.75. The Hall–Kier alpha value is -0.860. The van der Waals surface area contributed by atoms with Crippen LogP contribution in [0.3, 0.4) is 0 Å². The van der Waals surface area contributed by atoms with Gasteiger partial charge in [0, 0.05) is 6.04 Å². The number of hydrogen-bond donors (Lipinski definition) is 1. The van der Waals surface area contributed by atoms with Gasteiger partial charge in [0.05, 0.1) is 19.3 Å². The fraction of sp³-hybridized carbons (Fsp3) is 0.455. The Balaban J connectivity index is 2.08. The minimum absolute atomic E-state index is 0.366. The highest BCUT2D eigenvalue weighted by molar-refractivity contribution is 5.19. The normalized spacial score (nSPS) is 28.7. The van der Waals surface area contributed by atoms with Crippen molar-refractivity contribution in [1.29, 1.82) is 0 Å². The van der Waals surface area contributed by atoms with Gasteiger partial charge in [0.15, 0.2) is 0 Å². The van der Waals surface area contributed by atoms with Crippen molar-refractivity contribution < 1.29 is 4.74 Å². The maximum atomic E-state index is 5.49. The highest BCUT2D eigenvalue weighted by atomic mass is 16.5. The average Bonchev–Trinajstić information content (AvgIpc) is 2.19. The Bertz CT molecular complexity index is 260. The highest BCUT2D eigenvalue weighted by Crippen LogP contribution is 2.16. The molecule has 0 spiro atoms. The first kappa shape index (κ1) is 8.73. The molecular formula is C11H15NO. The molecule has 70 valence electrons. The predicted octanol–water partition coefficient (Wildman–Crippen LogP) is 1.74. The molecular weight excluding hydrogens is 162 g/mol. The van der Waals surface area contributed by atoms with Gasteiger partial charge < -0.3 is 10.1 Å². The van der Waals surface area contributed by atoms with Crippen molar-refractivity contribution in [3.05, 3.63) is 35.9 Å². The van der Waals surface area contributed by atoms with Crippen LogP contribution >= 0.6 is 0 Å². The number of benzene rings is 1. The van der Waals surface area contributed by atoms with Crippen molar-refractivity contribution in [3.63, 3.8) is 0 Å². The topological polar surface area (TPSA) is 21.3 Å². The highest BCUT2D eigenvalue weighted by Gasteiger charge is 2.18. The monoisotopic (exact) mass is 177 g/mol. The molecule has 2 heteroatoms. The van der Waals surface area contributed by atoms with Crippen molar-refractivity contribution in [2.45, 2.75) is 19.0 Å². The Morgan fingerprint density at radius 2 is 2.00 bits per heavy atom. The predicted molar refractivity (Wildman–Crippen MR) is 52.6 cm³/mol. The Morgan fingerprint density at radius 1 is 1.23 bits per heavy atom. The van der Waals surface area contributed by atoms with Gasteiger partial charge in [0.1, 0.15) is 0 Å². The zero-order valence-corrected chi connectivity index (χ0v) is 7.86. The third kappa shape index (κ3) is 2.08. The summed E-state index contributed by atoms with van der Waals surface area (Å²) in [6, 6.07) is 11.3. The molecule has 1 N–H and O–H groups in total. The minimum atomic E-state index is 0.366. The smallest absolute Gasteiger partial charge is 0.0662 e. The number of ether oxygens (including phenoxy) is 1. The lowest BCUT2D eigenvalue weighted by atomic mass is 10.1. The molecule has 1 aromatic carbocycles. The van der Waals surface area contributed by atoms with Crippen LogP contribution in [0.1, 0.15) is 18.5 Å². The van der Waals surface area contributed by atoms with Crippen LogP contribution in [0.4, 0.5) is 0 Å². The molecule has 1 aliphatic heterocycles. The molecule has 13 heavy (non-hydrogen) atoms. The van der Waals surface area contributed by atoms with E-state index in [1.54, 1.807) is 0 Å². The lowest BCUT2D eigenvalue weighted by Crippen LogP contribution is -2.41. The maximum absolute atomic E-state index is 5.49. The summed E-state index contributed by atoms with van der Waals surface area (Å²) >= 11 is 0. The van der Waals surface area contributed by atoms with Gasteiger partial charge in [-0.05, 0) is 12.5 Å². The van der Waals surface area contributed by atoms with E-state index >= 15 is 0 Å². The van der Waals surface area contributed by atoms with E-state index < -0.39 is 0 Å². The number of morpholine rings is 1. The van der Waals surface area contributed by atoms with Gasteiger partial charge in [-0.1, -0.05) is 30.3 Å². The third-order valence-electron chi connectivity index (χ3n) is 2.34. The van der Waals surface area contributed by atoms with Crippen LogP contribution in [0.2, 0.25) is 0 Å². The van der Waals surface area contributed by atoms with Crippen molar-refractivity contribution >= 4 is 0 Å². The van der Waals surface area contributed by atoms with E-state index in [2.05, 4.69) is 36.5 Å². The molecule has 1 aliphatic rings. The minimum Gasteiger partial charge on any atom is -0.378 e. The van der Waals surface area contributed by atoms with E-state index in [1.165, 1.54) is 5.56 Å². The van der Waals surface area contributed by atoms with Gasteiger partial charge in [0.25, 0.3) is 0 Å². The van der Waals surface area contributed by atoms with Crippen molar-refractivity contribution in [1.82, 2.24) is 5.32 Å². The number of rotatable bonds is 1. The van der Waals surface area contributed by atoms with Crippen LogP contribution in [0.5, 0.6) is 0 Å². The quantitative estimate of drug-likeness (QED) is 0.705. The second-order valence-corrected chi connectivity index (χ2v) is 3.57. The molecule has 2 rings (SSSR count). The van der Waals surface area contributed by atoms with E-state index in [4.69, 9.17) is 4.74 Å². The lowest BCUT2D eigenvalue weighted by molar-refractivity contribution is 0.0504. The largest absolute Gasteiger partial charge is 0.378 e. The summed E-state index contributed by atoms with van der Waals surface area (Å²) in [5.74, 6) is 0. The van der Waals surface area contributed by atoms with E-state index in [1.807, 2.05) is 6.07 Å². The number of nitrogens with one attached hydrogen (secondary N) is 1. The van der Waals surface area contributed by atoms with Gasteiger partial charge in [-0.3, -0.25) is 0 Å². The van der Waals surface area contributed by atoms with Crippen LogP contribution in [-0.2, 0) is 4.74 Å². The molecule has 0 unspecified atom stereocenters. The van der Waals surface area contributed by atoms with E-state index in [-0.39, 0.29) is 0 Å². The first-order valence-electron chi connectivity index (χ1n) is 4.75. The molecule has 0 amide bonds. The summed E-state index contributed by atoms with van der Waals surface area (Å²) in [6.45, 7) is 3.76. The van der Waals surface area contributed by atoms with Crippen molar-refractivity contribution in [2.24, 2.45) is 0 Å². The first-order chi connectivity index (χ1) is 6.36. The summed E-state index contributed by atoms with van der Waals surface area (Å²) < 4.78 is 5.49. The van der Waals surface area contributed by atoms with Crippen LogP contribution in [0.25, 0.3) is 0 Å². The van der Waals surface area contributed by atoms with Crippen LogP contribution in [-0.4, -0.2) is 19.3 Å². The average molecular weight is 177 g/mol. The lowest BCUT2D eigenvalue weighted by Gasteiger charge is -2.29. The van der Waals surface area contributed by atoms with Crippen LogP contribution in [0, 0.1) is 0 Å². The van der Waals surface area contributed by atoms with Crippen molar-refractivity contribution in [2.75, 3.05) is 13.2 Å². The summed E-state index contributed by atoms with van der Waals surface area (Å²) in [5, 5.41) is 3.51. The summed E-state index contributed by atoms with van der Waals surface area (Å²) in [6.07, 6.45) is 0. The fourth-order valence-corrected chi connectivity index (χ4v) is 1.68. The maximum Gasteiger partial charge on any atom is 0.0662 e. The zero-order valence-electron chi connectivity index (χ0n) is 7.86. The molecule has 0 aliphatic carbocycles. The summed E-state index contributed by atoms with van der Waals surface area (Å²) in [7, 11) is 0. The van der Waals surface area contributed by atoms with Gasteiger partial charge in [0.2, 0.25) is 0 Å². The summed E-state index contributed by atoms with van der Waals surface area (Å²) in [5.41, 5.74) is 1.31. The fourth-order valence-electron chi connectivity index (χ4n) is 1.68. The van der Waals surface area contributed by atoms with E-state index in [0.717, 1.165) is 13.2 Å². The standard InChI is InChI=1S/C11H15NO/c1-9-7-13-8-11(12-9)10-5-3-2-4-6-10/h2-6,9,11-12H,7-8H2,1H3/t9-,11-/m1/s1. The van der Waals surface area contributed by atoms with E-state index in [9.17, 15) is 0 Å². The van der Waals surface area contributed by atoms with Gasteiger partial charge >= 0.3 is 0 Å². The molecule has 1 aromatic rings. The van der Waals surface area contributed by atoms with Gasteiger partial charge in [-0.2, -0.15) is 0 Å². The molecule has 0 aromatic heterocycles. The van der Waals surface area contributed by atoms with Crippen LogP contribution < -0.4 is 5.32 Å². The zero-order chi connectivity index (χ0) is 9.10. The molecule has 0 bridgehead atoms. The Kier molecular flexibility index (Phi) is 2.62. The molecule has 0 saturated carbocycles. The molecule has 1 saturated heterocycles.